The van der Waals surface area contributed by atoms with Crippen molar-refractivity contribution in [3.63, 3.8) is 0 Å². The fraction of sp³-hybridized carbons (Fsp3) is 0.562. The Balaban J connectivity index is 1.61. The van der Waals surface area contributed by atoms with Crippen LogP contribution in [0.25, 0.3) is 0 Å². The molecule has 124 valence electrons. The van der Waals surface area contributed by atoms with Crippen LogP contribution in [0, 0.1) is 4.77 Å². The summed E-state index contributed by atoms with van der Waals surface area (Å²) >= 11 is 5.51. The van der Waals surface area contributed by atoms with Gasteiger partial charge < -0.3 is 4.90 Å². The monoisotopic (exact) mass is 332 g/mol. The molecule has 23 heavy (non-hydrogen) atoms. The van der Waals surface area contributed by atoms with E-state index < -0.39 is 0 Å². The van der Waals surface area contributed by atoms with Gasteiger partial charge in [0.25, 0.3) is 0 Å². The minimum atomic E-state index is -0.138. The van der Waals surface area contributed by atoms with Crippen molar-refractivity contribution in [2.24, 2.45) is 0 Å². The van der Waals surface area contributed by atoms with Crippen LogP contribution >= 0.6 is 12.2 Å². The topological polar surface area (TPSA) is 42.1 Å². The molecule has 3 rings (SSSR count). The summed E-state index contributed by atoms with van der Waals surface area (Å²) in [6.45, 7) is 11.0. The lowest BCUT2D eigenvalue weighted by Crippen LogP contribution is -2.47. The quantitative estimate of drug-likeness (QED) is 0.807. The Hall–Kier alpha value is -1.73. The van der Waals surface area contributed by atoms with Gasteiger partial charge in [-0.25, -0.2) is 9.36 Å². The van der Waals surface area contributed by atoms with Crippen molar-refractivity contribution in [2.45, 2.75) is 33.0 Å². The van der Waals surface area contributed by atoms with Gasteiger partial charge in [0, 0.05) is 31.9 Å². The maximum atomic E-state index is 5.51. The maximum Gasteiger partial charge on any atom is 0.217 e. The molecule has 7 heteroatoms. The van der Waals surface area contributed by atoms with E-state index in [0.29, 0.717) is 11.4 Å². The Labute approximate surface area is 142 Å². The molecule has 6 nitrogen and oxygen atoms in total. The predicted octanol–water partition coefficient (Wildman–Crippen LogP) is 2.34. The zero-order valence-corrected chi connectivity index (χ0v) is 14.8. The van der Waals surface area contributed by atoms with Gasteiger partial charge in [-0.3, -0.25) is 4.90 Å². The molecule has 2 heterocycles. The zero-order valence-electron chi connectivity index (χ0n) is 14.0. The van der Waals surface area contributed by atoms with Crippen LogP contribution in [-0.4, -0.2) is 50.9 Å². The predicted molar refractivity (Wildman–Crippen MR) is 94.1 cm³/mol. The third-order valence-corrected chi connectivity index (χ3v) is 4.49. The van der Waals surface area contributed by atoms with Crippen LogP contribution in [0.4, 0.5) is 5.69 Å². The van der Waals surface area contributed by atoms with Gasteiger partial charge in [0.2, 0.25) is 4.77 Å². The van der Waals surface area contributed by atoms with E-state index in [1.165, 1.54) is 5.69 Å². The van der Waals surface area contributed by atoms with Crippen LogP contribution in [0.5, 0.6) is 0 Å². The molecule has 1 saturated heterocycles. The van der Waals surface area contributed by atoms with Crippen LogP contribution in [-0.2, 0) is 12.2 Å². The number of hydrogen-bond donors (Lipinski definition) is 0. The lowest BCUT2D eigenvalue weighted by atomic mass is 10.1. The number of nitrogens with zero attached hydrogens (tertiary/aromatic N) is 6. The number of benzene rings is 1. The van der Waals surface area contributed by atoms with E-state index in [9.17, 15) is 0 Å². The average Bonchev–Trinajstić information content (AvgIpc) is 2.90. The molecule has 0 unspecified atom stereocenters. The SMILES string of the molecule is CC(C)(C)n1nnn(CN2CCN(c3ccccc3)CC2)c1=S. The molecular weight excluding hydrogens is 308 g/mol. The fourth-order valence-corrected chi connectivity index (χ4v) is 3.16. The number of aromatic nitrogens is 4. The Kier molecular flexibility index (Phi) is 4.50. The molecule has 0 atom stereocenters. The molecule has 0 aliphatic carbocycles. The van der Waals surface area contributed by atoms with Crippen LogP contribution < -0.4 is 4.90 Å². The number of anilines is 1. The zero-order chi connectivity index (χ0) is 16.4. The third-order valence-electron chi connectivity index (χ3n) is 4.10. The van der Waals surface area contributed by atoms with Gasteiger partial charge in [0.05, 0.1) is 12.2 Å². The second-order valence-corrected chi connectivity index (χ2v) is 7.29. The van der Waals surface area contributed by atoms with Gasteiger partial charge in [-0.2, -0.15) is 0 Å². The van der Waals surface area contributed by atoms with Crippen LogP contribution in [0.15, 0.2) is 30.3 Å². The first-order valence-electron chi connectivity index (χ1n) is 8.01. The van der Waals surface area contributed by atoms with Crippen LogP contribution in [0.3, 0.4) is 0 Å². The molecule has 1 fully saturated rings. The van der Waals surface area contributed by atoms with Crippen molar-refractivity contribution in [2.75, 3.05) is 31.1 Å². The summed E-state index contributed by atoms with van der Waals surface area (Å²) < 4.78 is 4.31. The van der Waals surface area contributed by atoms with E-state index in [0.717, 1.165) is 26.2 Å². The van der Waals surface area contributed by atoms with Crippen LogP contribution in [0.2, 0.25) is 0 Å². The highest BCUT2D eigenvalue weighted by Crippen LogP contribution is 2.16. The summed E-state index contributed by atoms with van der Waals surface area (Å²) in [6.07, 6.45) is 0. The first-order valence-corrected chi connectivity index (χ1v) is 8.41. The van der Waals surface area contributed by atoms with Crippen molar-refractivity contribution in [1.29, 1.82) is 0 Å². The van der Waals surface area contributed by atoms with Gasteiger partial charge in [-0.1, -0.05) is 18.2 Å². The van der Waals surface area contributed by atoms with Crippen molar-refractivity contribution in [3.8, 4) is 0 Å². The molecule has 1 aromatic carbocycles. The lowest BCUT2D eigenvalue weighted by Gasteiger charge is -2.35. The second kappa shape index (κ2) is 6.41. The van der Waals surface area contributed by atoms with Gasteiger partial charge in [-0.15, -0.1) is 0 Å². The standard InChI is InChI=1S/C16H24N6S/c1-16(2,3)22-15(23)21(17-18-22)13-19-9-11-20(12-10-19)14-7-5-4-6-8-14/h4-8H,9-13H2,1-3H3. The fourth-order valence-electron chi connectivity index (χ4n) is 2.76. The summed E-state index contributed by atoms with van der Waals surface area (Å²) in [5.41, 5.74) is 1.16. The smallest absolute Gasteiger partial charge is 0.217 e. The molecule has 0 radical (unpaired) electrons. The van der Waals surface area contributed by atoms with Crippen molar-refractivity contribution in [1.82, 2.24) is 24.7 Å². The highest BCUT2D eigenvalue weighted by Gasteiger charge is 2.21. The van der Waals surface area contributed by atoms with E-state index in [4.69, 9.17) is 12.2 Å². The van der Waals surface area contributed by atoms with E-state index in [-0.39, 0.29) is 5.54 Å². The Bertz CT molecular complexity index is 691. The molecule has 0 N–H and O–H groups in total. The van der Waals surface area contributed by atoms with Crippen LogP contribution in [0.1, 0.15) is 20.8 Å². The molecule has 2 aromatic rings. The van der Waals surface area contributed by atoms with E-state index in [1.54, 1.807) is 0 Å². The molecule has 0 amide bonds. The molecule has 0 spiro atoms. The summed E-state index contributed by atoms with van der Waals surface area (Å²) in [4.78, 5) is 4.79. The lowest BCUT2D eigenvalue weighted by molar-refractivity contribution is 0.192. The first kappa shape index (κ1) is 16.1. The van der Waals surface area contributed by atoms with E-state index in [2.05, 4.69) is 71.3 Å². The number of tetrazole rings is 1. The first-order chi connectivity index (χ1) is 10.9. The second-order valence-electron chi connectivity index (χ2n) is 6.93. The minimum Gasteiger partial charge on any atom is -0.369 e. The summed E-state index contributed by atoms with van der Waals surface area (Å²) in [5, 5.41) is 8.43. The van der Waals surface area contributed by atoms with Crippen molar-refractivity contribution < 1.29 is 0 Å². The molecule has 1 aliphatic rings. The minimum absolute atomic E-state index is 0.138. The average molecular weight is 332 g/mol. The largest absolute Gasteiger partial charge is 0.369 e. The Morgan fingerprint density at radius 3 is 2.22 bits per heavy atom. The Morgan fingerprint density at radius 1 is 1.00 bits per heavy atom. The van der Waals surface area contributed by atoms with Crippen molar-refractivity contribution >= 4 is 17.9 Å². The molecule has 1 aliphatic heterocycles. The van der Waals surface area contributed by atoms with Gasteiger partial charge in [-0.05, 0) is 55.5 Å². The summed E-state index contributed by atoms with van der Waals surface area (Å²) in [5.74, 6) is 0. The van der Waals surface area contributed by atoms with E-state index >= 15 is 0 Å². The van der Waals surface area contributed by atoms with E-state index in [1.807, 2.05) is 9.36 Å². The number of para-hydroxylation sites is 1. The number of hydrogen-bond acceptors (Lipinski definition) is 5. The molecular formula is C16H24N6S. The van der Waals surface area contributed by atoms with Gasteiger partial charge in [0.1, 0.15) is 0 Å². The molecule has 0 bridgehead atoms. The van der Waals surface area contributed by atoms with Gasteiger partial charge in [0.15, 0.2) is 0 Å². The highest BCUT2D eigenvalue weighted by atomic mass is 32.1. The number of piperazine rings is 1. The third kappa shape index (κ3) is 3.61. The number of rotatable bonds is 3. The summed E-state index contributed by atoms with van der Waals surface area (Å²) in [6, 6.07) is 10.6. The molecule has 0 saturated carbocycles. The maximum absolute atomic E-state index is 5.51. The van der Waals surface area contributed by atoms with Crippen molar-refractivity contribution in [3.05, 3.63) is 35.1 Å². The normalized spacial score (nSPS) is 16.7. The summed E-state index contributed by atoms with van der Waals surface area (Å²) in [7, 11) is 0. The Morgan fingerprint density at radius 2 is 1.65 bits per heavy atom. The molecule has 1 aromatic heterocycles. The van der Waals surface area contributed by atoms with Gasteiger partial charge >= 0.3 is 0 Å². The highest BCUT2D eigenvalue weighted by molar-refractivity contribution is 7.71.